The molecule has 3 rings (SSSR count). The Hall–Kier alpha value is -1.35. The van der Waals surface area contributed by atoms with Gasteiger partial charge in [0.15, 0.2) is 0 Å². The lowest BCUT2D eigenvalue weighted by Gasteiger charge is -2.32. The van der Waals surface area contributed by atoms with E-state index >= 15 is 0 Å². The van der Waals surface area contributed by atoms with Crippen LogP contribution in [0, 0.1) is 6.92 Å². The predicted molar refractivity (Wildman–Crippen MR) is 65.4 cm³/mol. The zero-order valence-corrected chi connectivity index (χ0v) is 9.77. The van der Waals surface area contributed by atoms with E-state index in [1.807, 2.05) is 6.92 Å². The molecule has 0 spiro atoms. The number of benzene rings is 1. The van der Waals surface area contributed by atoms with Crippen molar-refractivity contribution in [3.05, 3.63) is 29.6 Å². The normalized spacial score (nSPS) is 24.7. The van der Waals surface area contributed by atoms with Crippen LogP contribution in [0.15, 0.2) is 18.2 Å². The van der Waals surface area contributed by atoms with Crippen molar-refractivity contribution >= 4 is 11.0 Å². The maximum Gasteiger partial charge on any atom is 0.106 e. The largest absolute Gasteiger partial charge is 0.331 e. The number of rotatable bonds is 1. The summed E-state index contributed by atoms with van der Waals surface area (Å²) in [5.74, 6) is 1.72. The third-order valence-electron chi connectivity index (χ3n) is 3.77. The highest BCUT2D eigenvalue weighted by atomic mass is 15.0. The standard InChI is InChI=1S/C13H17N3/c1-8-15-12-7-9(10-5-11(14)6-10)3-4-13(12)16(8)2/h3-4,7,10-11H,5-6,14H2,1-2H3. The van der Waals surface area contributed by atoms with E-state index in [1.165, 1.54) is 11.1 Å². The molecule has 2 aromatic rings. The molecule has 1 fully saturated rings. The third kappa shape index (κ3) is 1.35. The molecule has 3 nitrogen and oxygen atoms in total. The number of aryl methyl sites for hydroxylation is 2. The summed E-state index contributed by atoms with van der Waals surface area (Å²) in [7, 11) is 2.06. The van der Waals surface area contributed by atoms with Crippen LogP contribution in [0.4, 0.5) is 0 Å². The van der Waals surface area contributed by atoms with Crippen LogP contribution >= 0.6 is 0 Å². The molecule has 0 bridgehead atoms. The maximum atomic E-state index is 5.83. The number of hydrogen-bond acceptors (Lipinski definition) is 2. The zero-order valence-electron chi connectivity index (χ0n) is 9.77. The van der Waals surface area contributed by atoms with Crippen LogP contribution in [0.25, 0.3) is 11.0 Å². The molecule has 0 atom stereocenters. The number of aromatic nitrogens is 2. The number of nitrogens with zero attached hydrogens (tertiary/aromatic N) is 2. The van der Waals surface area contributed by atoms with Gasteiger partial charge in [-0.15, -0.1) is 0 Å². The zero-order chi connectivity index (χ0) is 11.3. The summed E-state index contributed by atoms with van der Waals surface area (Å²) in [4.78, 5) is 4.56. The van der Waals surface area contributed by atoms with Gasteiger partial charge in [0.25, 0.3) is 0 Å². The summed E-state index contributed by atoms with van der Waals surface area (Å²) in [6.07, 6.45) is 2.24. The van der Waals surface area contributed by atoms with Crippen LogP contribution < -0.4 is 5.73 Å². The highest BCUT2D eigenvalue weighted by Crippen LogP contribution is 2.36. The minimum Gasteiger partial charge on any atom is -0.331 e. The van der Waals surface area contributed by atoms with Gasteiger partial charge in [0, 0.05) is 13.1 Å². The van der Waals surface area contributed by atoms with Gasteiger partial charge in [-0.2, -0.15) is 0 Å². The van der Waals surface area contributed by atoms with Gasteiger partial charge in [-0.3, -0.25) is 0 Å². The summed E-state index contributed by atoms with van der Waals surface area (Å²) in [6, 6.07) is 7.03. The molecule has 0 amide bonds. The van der Waals surface area contributed by atoms with E-state index in [4.69, 9.17) is 5.73 Å². The van der Waals surface area contributed by atoms with Crippen molar-refractivity contribution in [1.29, 1.82) is 0 Å². The first-order valence-corrected chi connectivity index (χ1v) is 5.83. The fourth-order valence-electron chi connectivity index (χ4n) is 2.53. The van der Waals surface area contributed by atoms with Gasteiger partial charge in [-0.05, 0) is 43.4 Å². The summed E-state index contributed by atoms with van der Waals surface area (Å²) >= 11 is 0. The summed E-state index contributed by atoms with van der Waals surface area (Å²) in [5, 5.41) is 0. The van der Waals surface area contributed by atoms with E-state index in [1.54, 1.807) is 0 Å². The second-order valence-corrected chi connectivity index (χ2v) is 4.89. The summed E-state index contributed by atoms with van der Waals surface area (Å²) < 4.78 is 2.13. The highest BCUT2D eigenvalue weighted by Gasteiger charge is 2.27. The Morgan fingerprint density at radius 2 is 2.12 bits per heavy atom. The SMILES string of the molecule is Cc1nc2cc(C3CC(N)C3)ccc2n1C. The Morgan fingerprint density at radius 3 is 2.81 bits per heavy atom. The number of nitrogens with two attached hydrogens (primary N) is 1. The fraction of sp³-hybridized carbons (Fsp3) is 0.462. The second kappa shape index (κ2) is 3.32. The van der Waals surface area contributed by atoms with Gasteiger partial charge >= 0.3 is 0 Å². The van der Waals surface area contributed by atoms with Crippen LogP contribution in [0.1, 0.15) is 30.1 Å². The van der Waals surface area contributed by atoms with Crippen LogP contribution in [0.2, 0.25) is 0 Å². The summed E-state index contributed by atoms with van der Waals surface area (Å²) in [5.41, 5.74) is 9.55. The Morgan fingerprint density at radius 1 is 1.38 bits per heavy atom. The van der Waals surface area contributed by atoms with Crippen molar-refractivity contribution in [2.75, 3.05) is 0 Å². The molecular weight excluding hydrogens is 198 g/mol. The molecule has 3 heteroatoms. The third-order valence-corrected chi connectivity index (χ3v) is 3.77. The topological polar surface area (TPSA) is 43.8 Å². The van der Waals surface area contributed by atoms with Crippen LogP contribution in [-0.4, -0.2) is 15.6 Å². The predicted octanol–water partition coefficient (Wildman–Crippen LogP) is 2.09. The first kappa shape index (κ1) is 9.85. The van der Waals surface area contributed by atoms with Gasteiger partial charge < -0.3 is 10.3 Å². The second-order valence-electron chi connectivity index (χ2n) is 4.89. The molecule has 2 N–H and O–H groups in total. The lowest BCUT2D eigenvalue weighted by atomic mass is 9.76. The Labute approximate surface area is 95.3 Å². The van der Waals surface area contributed by atoms with Gasteiger partial charge in [0.2, 0.25) is 0 Å². The van der Waals surface area contributed by atoms with E-state index in [0.717, 1.165) is 24.2 Å². The molecule has 0 aliphatic heterocycles. The van der Waals surface area contributed by atoms with Crippen LogP contribution in [0.5, 0.6) is 0 Å². The number of imidazole rings is 1. The van der Waals surface area contributed by atoms with Crippen molar-refractivity contribution in [2.45, 2.75) is 31.7 Å². The van der Waals surface area contributed by atoms with Crippen molar-refractivity contribution in [1.82, 2.24) is 9.55 Å². The van der Waals surface area contributed by atoms with E-state index in [0.29, 0.717) is 12.0 Å². The minimum atomic E-state index is 0.408. The molecule has 0 radical (unpaired) electrons. The number of fused-ring (bicyclic) bond motifs is 1. The molecule has 1 aromatic heterocycles. The molecule has 84 valence electrons. The molecule has 0 unspecified atom stereocenters. The van der Waals surface area contributed by atoms with Gasteiger partial charge in [-0.25, -0.2) is 4.98 Å². The Balaban J connectivity index is 2.03. The Kier molecular flexibility index (Phi) is 2.04. The fourth-order valence-corrected chi connectivity index (χ4v) is 2.53. The maximum absolute atomic E-state index is 5.83. The van der Waals surface area contributed by atoms with Gasteiger partial charge in [0.05, 0.1) is 11.0 Å². The van der Waals surface area contributed by atoms with Crippen molar-refractivity contribution in [2.24, 2.45) is 12.8 Å². The van der Waals surface area contributed by atoms with E-state index in [-0.39, 0.29) is 0 Å². The molecule has 1 saturated carbocycles. The van der Waals surface area contributed by atoms with Crippen molar-refractivity contribution in [3.63, 3.8) is 0 Å². The van der Waals surface area contributed by atoms with E-state index < -0.39 is 0 Å². The summed E-state index contributed by atoms with van der Waals surface area (Å²) in [6.45, 7) is 2.04. The van der Waals surface area contributed by atoms with Gasteiger partial charge in [0.1, 0.15) is 5.82 Å². The molecular formula is C13H17N3. The lowest BCUT2D eigenvalue weighted by Crippen LogP contribution is -2.34. The molecule has 1 aliphatic rings. The quantitative estimate of drug-likeness (QED) is 0.791. The van der Waals surface area contributed by atoms with E-state index in [2.05, 4.69) is 34.8 Å². The average molecular weight is 215 g/mol. The monoisotopic (exact) mass is 215 g/mol. The van der Waals surface area contributed by atoms with Gasteiger partial charge in [-0.1, -0.05) is 6.07 Å². The highest BCUT2D eigenvalue weighted by molar-refractivity contribution is 5.77. The van der Waals surface area contributed by atoms with Crippen molar-refractivity contribution in [3.8, 4) is 0 Å². The lowest BCUT2D eigenvalue weighted by molar-refractivity contribution is 0.352. The first-order chi connectivity index (χ1) is 7.65. The Bertz CT molecular complexity index is 535. The average Bonchev–Trinajstić information content (AvgIpc) is 2.50. The molecule has 1 heterocycles. The first-order valence-electron chi connectivity index (χ1n) is 5.83. The molecule has 16 heavy (non-hydrogen) atoms. The smallest absolute Gasteiger partial charge is 0.106 e. The van der Waals surface area contributed by atoms with E-state index in [9.17, 15) is 0 Å². The molecule has 1 aliphatic carbocycles. The minimum absolute atomic E-state index is 0.408. The van der Waals surface area contributed by atoms with Crippen LogP contribution in [0.3, 0.4) is 0 Å². The van der Waals surface area contributed by atoms with Crippen molar-refractivity contribution < 1.29 is 0 Å². The number of hydrogen-bond donors (Lipinski definition) is 1. The molecule has 0 saturated heterocycles. The van der Waals surface area contributed by atoms with Crippen LogP contribution in [-0.2, 0) is 7.05 Å². The molecule has 1 aromatic carbocycles.